The Bertz CT molecular complexity index is 1530. The zero-order valence-corrected chi connectivity index (χ0v) is 17.5. The fourth-order valence-corrected chi connectivity index (χ4v) is 4.32. The zero-order chi connectivity index (χ0) is 20.1. The first-order chi connectivity index (χ1) is 14.8. The molecule has 0 radical (unpaired) electrons. The van der Waals surface area contributed by atoms with Gasteiger partial charge in [-0.3, -0.25) is 0 Å². The van der Waals surface area contributed by atoms with Gasteiger partial charge < -0.3 is 4.40 Å². The van der Waals surface area contributed by atoms with Crippen molar-refractivity contribution in [2.75, 3.05) is 0 Å². The maximum Gasteiger partial charge on any atom is 0.146 e. The van der Waals surface area contributed by atoms with Crippen molar-refractivity contribution in [1.82, 2.24) is 14.4 Å². The normalized spacial score (nSPS) is 11.5. The van der Waals surface area contributed by atoms with Crippen molar-refractivity contribution in [3.63, 3.8) is 0 Å². The van der Waals surface area contributed by atoms with Gasteiger partial charge in [0.05, 0.1) is 16.9 Å². The van der Waals surface area contributed by atoms with Crippen LogP contribution in [-0.4, -0.2) is 14.4 Å². The number of benzene rings is 3. The van der Waals surface area contributed by atoms with Crippen LogP contribution in [-0.2, 0) is 0 Å². The highest BCUT2D eigenvalue weighted by atomic mass is 79.9. The number of rotatable bonds is 2. The van der Waals surface area contributed by atoms with E-state index in [4.69, 9.17) is 9.97 Å². The lowest BCUT2D eigenvalue weighted by Gasteiger charge is -2.11. The molecule has 0 N–H and O–H groups in total. The third kappa shape index (κ3) is 2.72. The quantitative estimate of drug-likeness (QED) is 0.263. The van der Waals surface area contributed by atoms with Gasteiger partial charge in [0.1, 0.15) is 5.65 Å². The highest BCUT2D eigenvalue weighted by molar-refractivity contribution is 9.10. The highest BCUT2D eigenvalue weighted by Crippen LogP contribution is 2.35. The van der Waals surface area contributed by atoms with Crippen LogP contribution in [0.2, 0.25) is 0 Å². The van der Waals surface area contributed by atoms with Crippen molar-refractivity contribution in [3.8, 4) is 22.5 Å². The van der Waals surface area contributed by atoms with E-state index < -0.39 is 0 Å². The Morgan fingerprint density at radius 1 is 0.667 bits per heavy atom. The molecule has 0 fully saturated rings. The summed E-state index contributed by atoms with van der Waals surface area (Å²) in [5.74, 6) is 0. The SMILES string of the molecule is Brc1ccc(-c2nc3ccccc3c3c2ccn2cc(-c4ccccc4)nc32)cc1. The van der Waals surface area contributed by atoms with Crippen LogP contribution in [0.3, 0.4) is 0 Å². The average molecular weight is 450 g/mol. The maximum absolute atomic E-state index is 5.04. The largest absolute Gasteiger partial charge is 0.306 e. The second-order valence-electron chi connectivity index (χ2n) is 7.31. The van der Waals surface area contributed by atoms with Gasteiger partial charge in [0.15, 0.2) is 0 Å². The molecule has 6 rings (SSSR count). The fraction of sp³-hybridized carbons (Fsp3) is 0. The standard InChI is InChI=1S/C26H16BrN3/c27-19-12-10-18(11-13-19)25-21-14-15-30-16-23(17-6-2-1-3-7-17)29-26(30)24(21)20-8-4-5-9-22(20)28-25/h1-16H. The van der Waals surface area contributed by atoms with Gasteiger partial charge in [0.25, 0.3) is 0 Å². The van der Waals surface area contributed by atoms with E-state index in [1.807, 2.05) is 24.3 Å². The molecule has 6 aromatic rings. The Morgan fingerprint density at radius 3 is 2.27 bits per heavy atom. The molecular formula is C26H16BrN3. The number of para-hydroxylation sites is 1. The van der Waals surface area contributed by atoms with Crippen molar-refractivity contribution >= 4 is 43.3 Å². The summed E-state index contributed by atoms with van der Waals surface area (Å²) < 4.78 is 3.17. The van der Waals surface area contributed by atoms with Crippen molar-refractivity contribution in [2.45, 2.75) is 0 Å². The monoisotopic (exact) mass is 449 g/mol. The molecule has 142 valence electrons. The molecule has 4 heteroatoms. The number of pyridine rings is 2. The Labute approximate surface area is 181 Å². The maximum atomic E-state index is 5.04. The lowest BCUT2D eigenvalue weighted by molar-refractivity contribution is 1.20. The number of hydrogen-bond acceptors (Lipinski definition) is 2. The molecule has 0 saturated carbocycles. The first kappa shape index (κ1) is 17.4. The van der Waals surface area contributed by atoms with Gasteiger partial charge in [0.2, 0.25) is 0 Å². The van der Waals surface area contributed by atoms with Crippen LogP contribution in [0.5, 0.6) is 0 Å². The van der Waals surface area contributed by atoms with Gasteiger partial charge >= 0.3 is 0 Å². The molecule has 0 aliphatic carbocycles. The van der Waals surface area contributed by atoms with E-state index in [-0.39, 0.29) is 0 Å². The molecule has 3 aromatic heterocycles. The Balaban J connectivity index is 1.73. The van der Waals surface area contributed by atoms with E-state index in [0.717, 1.165) is 54.3 Å². The Kier molecular flexibility index (Phi) is 3.93. The van der Waals surface area contributed by atoms with E-state index in [1.165, 1.54) is 0 Å². The van der Waals surface area contributed by atoms with Crippen LogP contribution >= 0.6 is 15.9 Å². The van der Waals surface area contributed by atoms with Crippen LogP contribution in [0.4, 0.5) is 0 Å². The molecule has 3 nitrogen and oxygen atoms in total. The van der Waals surface area contributed by atoms with Crippen LogP contribution in [0, 0.1) is 0 Å². The van der Waals surface area contributed by atoms with Crippen molar-refractivity contribution in [3.05, 3.63) is 102 Å². The number of halogens is 1. The predicted octanol–water partition coefficient (Wildman–Crippen LogP) is 7.13. The van der Waals surface area contributed by atoms with Crippen LogP contribution in [0.1, 0.15) is 0 Å². The minimum Gasteiger partial charge on any atom is -0.306 e. The molecule has 0 bridgehead atoms. The average Bonchev–Trinajstić information content (AvgIpc) is 3.24. The summed E-state index contributed by atoms with van der Waals surface area (Å²) in [6, 6.07) is 29.1. The first-order valence-electron chi connectivity index (χ1n) is 9.79. The molecule has 3 heterocycles. The van der Waals surface area contributed by atoms with Crippen molar-refractivity contribution in [1.29, 1.82) is 0 Å². The summed E-state index contributed by atoms with van der Waals surface area (Å²) in [5, 5.41) is 3.35. The molecule has 0 amide bonds. The lowest BCUT2D eigenvalue weighted by Crippen LogP contribution is -1.93. The van der Waals surface area contributed by atoms with Gasteiger partial charge in [-0.15, -0.1) is 0 Å². The number of aromatic nitrogens is 3. The smallest absolute Gasteiger partial charge is 0.146 e. The minimum atomic E-state index is 0.948. The predicted molar refractivity (Wildman–Crippen MR) is 127 cm³/mol. The number of nitrogens with zero attached hydrogens (tertiary/aromatic N) is 3. The fourth-order valence-electron chi connectivity index (χ4n) is 4.05. The third-order valence-corrected chi connectivity index (χ3v) is 6.00. The van der Waals surface area contributed by atoms with Crippen LogP contribution in [0.15, 0.2) is 102 Å². The summed E-state index contributed by atoms with van der Waals surface area (Å²) in [7, 11) is 0. The lowest BCUT2D eigenvalue weighted by atomic mass is 10.0. The van der Waals surface area contributed by atoms with Crippen LogP contribution in [0.25, 0.3) is 49.8 Å². The van der Waals surface area contributed by atoms with Gasteiger partial charge in [-0.2, -0.15) is 0 Å². The third-order valence-electron chi connectivity index (χ3n) is 5.48. The molecule has 0 unspecified atom stereocenters. The molecule has 0 aliphatic heterocycles. The Hall–Kier alpha value is -3.50. The molecule has 0 spiro atoms. The highest BCUT2D eigenvalue weighted by Gasteiger charge is 2.15. The first-order valence-corrected chi connectivity index (χ1v) is 10.6. The molecule has 0 saturated heterocycles. The van der Waals surface area contributed by atoms with Crippen molar-refractivity contribution in [2.24, 2.45) is 0 Å². The summed E-state index contributed by atoms with van der Waals surface area (Å²) in [6.07, 6.45) is 4.18. The van der Waals surface area contributed by atoms with Crippen LogP contribution < -0.4 is 0 Å². The van der Waals surface area contributed by atoms with E-state index in [1.54, 1.807) is 0 Å². The molecule has 0 aliphatic rings. The number of hydrogen-bond donors (Lipinski definition) is 0. The van der Waals surface area contributed by atoms with Gasteiger partial charge in [-0.05, 0) is 24.3 Å². The minimum absolute atomic E-state index is 0.948. The summed E-state index contributed by atoms with van der Waals surface area (Å²) in [6.45, 7) is 0. The summed E-state index contributed by atoms with van der Waals surface area (Å²) >= 11 is 3.53. The second kappa shape index (κ2) is 6.78. The zero-order valence-electron chi connectivity index (χ0n) is 16.0. The van der Waals surface area contributed by atoms with E-state index in [2.05, 4.69) is 93.4 Å². The summed E-state index contributed by atoms with van der Waals surface area (Å²) in [5.41, 5.74) is 6.06. The molecule has 0 atom stereocenters. The molecular weight excluding hydrogens is 434 g/mol. The number of imidazole rings is 1. The van der Waals surface area contributed by atoms with E-state index in [0.29, 0.717) is 0 Å². The molecule has 30 heavy (non-hydrogen) atoms. The molecule has 3 aromatic carbocycles. The number of fused-ring (bicyclic) bond motifs is 5. The summed E-state index contributed by atoms with van der Waals surface area (Å²) in [4.78, 5) is 10.1. The van der Waals surface area contributed by atoms with E-state index in [9.17, 15) is 0 Å². The van der Waals surface area contributed by atoms with E-state index >= 15 is 0 Å². The van der Waals surface area contributed by atoms with Crippen molar-refractivity contribution < 1.29 is 0 Å². The van der Waals surface area contributed by atoms with Gasteiger partial charge in [-0.25, -0.2) is 9.97 Å². The Morgan fingerprint density at radius 2 is 1.43 bits per heavy atom. The second-order valence-corrected chi connectivity index (χ2v) is 8.23. The topological polar surface area (TPSA) is 30.2 Å². The van der Waals surface area contributed by atoms with Gasteiger partial charge in [-0.1, -0.05) is 76.6 Å². The van der Waals surface area contributed by atoms with Gasteiger partial charge in [0, 0.05) is 44.2 Å².